The quantitative estimate of drug-likeness (QED) is 0.263. The second kappa shape index (κ2) is 9.80. The molecule has 0 spiro atoms. The molecule has 1 saturated heterocycles. The van der Waals surface area contributed by atoms with Crippen molar-refractivity contribution in [3.63, 3.8) is 0 Å². The number of likely N-dealkylation sites (tertiary alicyclic amines) is 1. The molecule has 1 aliphatic heterocycles. The lowest BCUT2D eigenvalue weighted by molar-refractivity contribution is -0.138. The first-order valence-electron chi connectivity index (χ1n) is 14.1. The zero-order chi connectivity index (χ0) is 30.2. The SMILES string of the molecule is Cc1ncc(-c2cc(C)c3c(c2)c2c(N)ncnc2n3CC(=O)N2C3C[C@]3(C)C[C@H]2C(=O)Nc2nc(Br)ccc2C)cn1. The fraction of sp³-hybridized carbons (Fsp3) is 0.323. The average Bonchev–Trinajstić information content (AvgIpc) is 3.36. The zero-order valence-corrected chi connectivity index (χ0v) is 25.8. The molecule has 0 bridgehead atoms. The Labute approximate surface area is 256 Å². The molecule has 2 fully saturated rings. The van der Waals surface area contributed by atoms with Gasteiger partial charge in [-0.2, -0.15) is 0 Å². The van der Waals surface area contributed by atoms with Crippen molar-refractivity contribution in [1.82, 2.24) is 34.4 Å². The first-order valence-corrected chi connectivity index (χ1v) is 14.9. The van der Waals surface area contributed by atoms with Gasteiger partial charge in [-0.1, -0.05) is 13.0 Å². The van der Waals surface area contributed by atoms with E-state index >= 15 is 0 Å². The Hall–Kier alpha value is -4.45. The molecular formula is C31H30BrN9O2. The number of piperidine rings is 1. The number of benzene rings is 1. The van der Waals surface area contributed by atoms with Gasteiger partial charge in [0.1, 0.15) is 46.6 Å². The summed E-state index contributed by atoms with van der Waals surface area (Å²) in [7, 11) is 0. The summed E-state index contributed by atoms with van der Waals surface area (Å²) >= 11 is 3.38. The molecule has 12 heteroatoms. The van der Waals surface area contributed by atoms with Gasteiger partial charge in [0.15, 0.2) is 0 Å². The molecule has 7 rings (SSSR count). The Kier molecular flexibility index (Phi) is 6.24. The summed E-state index contributed by atoms with van der Waals surface area (Å²) < 4.78 is 2.53. The van der Waals surface area contributed by atoms with Gasteiger partial charge in [-0.15, -0.1) is 0 Å². The van der Waals surface area contributed by atoms with Crippen LogP contribution in [-0.4, -0.2) is 58.3 Å². The van der Waals surface area contributed by atoms with Crippen molar-refractivity contribution in [2.75, 3.05) is 11.1 Å². The lowest BCUT2D eigenvalue weighted by atomic mass is 10.0. The number of nitrogens with one attached hydrogen (secondary N) is 1. The second-order valence-corrected chi connectivity index (χ2v) is 12.7. The summed E-state index contributed by atoms with van der Waals surface area (Å²) in [6, 6.07) is 7.20. The van der Waals surface area contributed by atoms with Gasteiger partial charge >= 0.3 is 0 Å². The lowest BCUT2D eigenvalue weighted by Crippen LogP contribution is -2.46. The topological polar surface area (TPSA) is 145 Å². The first kappa shape index (κ1) is 27.4. The molecule has 0 radical (unpaired) electrons. The molecule has 4 aromatic heterocycles. The number of hydrogen-bond acceptors (Lipinski definition) is 8. The number of rotatable bonds is 5. The van der Waals surface area contributed by atoms with E-state index < -0.39 is 6.04 Å². The van der Waals surface area contributed by atoms with Crippen molar-refractivity contribution < 1.29 is 9.59 Å². The van der Waals surface area contributed by atoms with Crippen LogP contribution >= 0.6 is 15.9 Å². The molecule has 218 valence electrons. The van der Waals surface area contributed by atoms with Crippen molar-refractivity contribution in [2.45, 2.75) is 59.2 Å². The van der Waals surface area contributed by atoms with E-state index in [4.69, 9.17) is 5.73 Å². The number of hydrogen-bond donors (Lipinski definition) is 2. The van der Waals surface area contributed by atoms with E-state index in [0.29, 0.717) is 39.5 Å². The van der Waals surface area contributed by atoms with E-state index in [-0.39, 0.29) is 29.8 Å². The molecule has 5 aromatic rings. The molecule has 1 saturated carbocycles. The molecule has 43 heavy (non-hydrogen) atoms. The summed E-state index contributed by atoms with van der Waals surface area (Å²) in [6.45, 7) is 7.89. The van der Waals surface area contributed by atoms with Gasteiger partial charge < -0.3 is 20.5 Å². The van der Waals surface area contributed by atoms with Crippen LogP contribution in [0, 0.1) is 26.2 Å². The fourth-order valence-corrected chi connectivity index (χ4v) is 6.87. The highest BCUT2D eigenvalue weighted by molar-refractivity contribution is 9.10. The second-order valence-electron chi connectivity index (χ2n) is 11.9. The van der Waals surface area contributed by atoms with E-state index in [0.717, 1.165) is 39.6 Å². The van der Waals surface area contributed by atoms with Crippen LogP contribution in [0.2, 0.25) is 0 Å². The number of amides is 2. The maximum atomic E-state index is 14.2. The number of nitrogen functional groups attached to an aromatic ring is 1. The highest BCUT2D eigenvalue weighted by atomic mass is 79.9. The van der Waals surface area contributed by atoms with Crippen LogP contribution in [0.4, 0.5) is 11.6 Å². The Bertz CT molecular complexity index is 1970. The Morgan fingerprint density at radius 1 is 1.05 bits per heavy atom. The van der Waals surface area contributed by atoms with Gasteiger partial charge in [0.2, 0.25) is 11.8 Å². The van der Waals surface area contributed by atoms with Crippen LogP contribution in [0.1, 0.15) is 36.7 Å². The van der Waals surface area contributed by atoms with E-state index in [2.05, 4.69) is 59.2 Å². The number of pyridine rings is 1. The third-order valence-corrected chi connectivity index (χ3v) is 9.33. The van der Waals surface area contributed by atoms with Gasteiger partial charge in [0, 0.05) is 29.4 Å². The number of anilines is 2. The molecule has 3 N–H and O–H groups in total. The number of carbonyl (C=O) groups excluding carboxylic acids is 2. The standard InChI is InChI=1S/C31H30BrN9O2/c1-15-5-6-23(32)38-28(15)39-30(43)21-9-31(4)10-22(31)41(21)24(42)13-40-26-16(2)7-18(19-11-34-17(3)35-12-19)8-20(26)25-27(33)36-14-37-29(25)40/h5-8,11-12,14,21-22H,9-10,13H2,1-4H3,(H2,33,36,37)(H,38,39,43)/t21-,22?,31-/m0/s1. The number of aromatic nitrogens is 6. The average molecular weight is 641 g/mol. The number of aryl methyl sites for hydroxylation is 3. The normalized spacial score (nSPS) is 20.9. The molecule has 5 heterocycles. The van der Waals surface area contributed by atoms with E-state index in [9.17, 15) is 9.59 Å². The van der Waals surface area contributed by atoms with Crippen molar-refractivity contribution in [3.05, 3.63) is 64.5 Å². The van der Waals surface area contributed by atoms with Crippen molar-refractivity contribution in [1.29, 1.82) is 0 Å². The van der Waals surface area contributed by atoms with E-state index in [1.54, 1.807) is 17.3 Å². The van der Waals surface area contributed by atoms with Gasteiger partial charge in [0.05, 0.1) is 10.9 Å². The Morgan fingerprint density at radius 3 is 2.58 bits per heavy atom. The van der Waals surface area contributed by atoms with Crippen molar-refractivity contribution in [2.24, 2.45) is 5.41 Å². The molecule has 2 amide bonds. The van der Waals surface area contributed by atoms with Crippen LogP contribution in [0.3, 0.4) is 0 Å². The maximum Gasteiger partial charge on any atom is 0.248 e. The zero-order valence-electron chi connectivity index (χ0n) is 24.2. The third kappa shape index (κ3) is 4.51. The third-order valence-electron chi connectivity index (χ3n) is 8.89. The Balaban J connectivity index is 1.27. The minimum atomic E-state index is -0.599. The van der Waals surface area contributed by atoms with Crippen LogP contribution in [0.15, 0.2) is 47.6 Å². The summed E-state index contributed by atoms with van der Waals surface area (Å²) in [4.78, 5) is 51.5. The molecule has 2 aliphatic rings. The van der Waals surface area contributed by atoms with Gasteiger partial charge in [-0.3, -0.25) is 9.59 Å². The predicted octanol–water partition coefficient (Wildman–Crippen LogP) is 4.72. The number of fused-ring (bicyclic) bond motifs is 4. The van der Waals surface area contributed by atoms with Crippen LogP contribution < -0.4 is 11.1 Å². The van der Waals surface area contributed by atoms with E-state index in [1.807, 2.05) is 43.5 Å². The molecule has 1 unspecified atom stereocenters. The largest absolute Gasteiger partial charge is 0.383 e. The maximum absolute atomic E-state index is 14.2. The highest BCUT2D eigenvalue weighted by Gasteiger charge is 2.64. The minimum absolute atomic E-state index is 0.00865. The van der Waals surface area contributed by atoms with Crippen LogP contribution in [0.5, 0.6) is 0 Å². The molecule has 1 aromatic carbocycles. The summed E-state index contributed by atoms with van der Waals surface area (Å²) in [6.07, 6.45) is 6.48. The summed E-state index contributed by atoms with van der Waals surface area (Å²) in [5, 5.41) is 4.50. The number of nitrogens with zero attached hydrogens (tertiary/aromatic N) is 7. The molecule has 1 aliphatic carbocycles. The highest BCUT2D eigenvalue weighted by Crippen LogP contribution is 2.59. The minimum Gasteiger partial charge on any atom is -0.383 e. The van der Waals surface area contributed by atoms with Gasteiger partial charge in [-0.05, 0) is 89.8 Å². The number of carbonyl (C=O) groups is 2. The monoisotopic (exact) mass is 639 g/mol. The van der Waals surface area contributed by atoms with E-state index in [1.165, 1.54) is 6.33 Å². The summed E-state index contributed by atoms with van der Waals surface area (Å²) in [5.41, 5.74) is 11.3. The van der Waals surface area contributed by atoms with Crippen molar-refractivity contribution >= 4 is 61.3 Å². The Morgan fingerprint density at radius 2 is 1.81 bits per heavy atom. The smallest absolute Gasteiger partial charge is 0.248 e. The number of halogens is 1. The molecule has 11 nitrogen and oxygen atoms in total. The predicted molar refractivity (Wildman–Crippen MR) is 167 cm³/mol. The van der Waals surface area contributed by atoms with Gasteiger partial charge in [0.25, 0.3) is 0 Å². The van der Waals surface area contributed by atoms with Crippen LogP contribution in [-0.2, 0) is 16.1 Å². The summed E-state index contributed by atoms with van der Waals surface area (Å²) in [5.74, 6) is 1.14. The van der Waals surface area contributed by atoms with Crippen LogP contribution in [0.25, 0.3) is 33.1 Å². The first-order chi connectivity index (χ1) is 20.5. The van der Waals surface area contributed by atoms with Crippen molar-refractivity contribution in [3.8, 4) is 11.1 Å². The molecular weight excluding hydrogens is 610 g/mol. The fourth-order valence-electron chi connectivity index (χ4n) is 6.56. The van der Waals surface area contributed by atoms with Gasteiger partial charge in [-0.25, -0.2) is 24.9 Å². The molecule has 3 atom stereocenters. The number of nitrogens with two attached hydrogens (primary N) is 1. The lowest BCUT2D eigenvalue weighted by Gasteiger charge is -2.27.